The van der Waals surface area contributed by atoms with Crippen LogP contribution in [0, 0.1) is 5.92 Å². The van der Waals surface area contributed by atoms with Crippen molar-refractivity contribution in [1.29, 1.82) is 0 Å². The van der Waals surface area contributed by atoms with Crippen LogP contribution in [0.25, 0.3) is 0 Å². The molecule has 5 nitrogen and oxygen atoms in total. The maximum Gasteiger partial charge on any atom is 0.226 e. The van der Waals surface area contributed by atoms with E-state index in [0.717, 1.165) is 17.8 Å². The highest BCUT2D eigenvalue weighted by molar-refractivity contribution is 5.76. The quantitative estimate of drug-likeness (QED) is 0.583. The average Bonchev–Trinajstić information content (AvgIpc) is 3.14. The Labute approximate surface area is 169 Å². The molecule has 2 aromatic rings. The fourth-order valence-corrected chi connectivity index (χ4v) is 3.15. The Balaban J connectivity index is 1.89. The predicted octanol–water partition coefficient (Wildman–Crippen LogP) is 5.54. The number of carbonyl (C=O) groups excluding carboxylic acids is 1. The summed E-state index contributed by atoms with van der Waals surface area (Å²) in [4.78, 5) is 16.8. The van der Waals surface area contributed by atoms with Crippen molar-refractivity contribution >= 4 is 5.91 Å². The van der Waals surface area contributed by atoms with Crippen LogP contribution in [-0.2, 0) is 11.2 Å². The van der Waals surface area contributed by atoms with Crippen LogP contribution < -0.4 is 5.32 Å². The second kappa shape index (κ2) is 10.4. The summed E-state index contributed by atoms with van der Waals surface area (Å²) in [5.41, 5.74) is 2.51. The molecule has 0 spiro atoms. The number of nitrogens with one attached hydrogen (secondary N) is 1. The van der Waals surface area contributed by atoms with Crippen LogP contribution in [0.5, 0.6) is 0 Å². The molecule has 2 atom stereocenters. The molecule has 0 aliphatic carbocycles. The van der Waals surface area contributed by atoms with Crippen LogP contribution in [-0.4, -0.2) is 16.0 Å². The van der Waals surface area contributed by atoms with Gasteiger partial charge in [-0.1, -0.05) is 71.0 Å². The molecule has 1 amide bonds. The van der Waals surface area contributed by atoms with E-state index in [9.17, 15) is 4.79 Å². The van der Waals surface area contributed by atoms with Crippen LogP contribution >= 0.6 is 0 Å². The second-order valence-corrected chi connectivity index (χ2v) is 8.32. The molecule has 2 rings (SSSR count). The van der Waals surface area contributed by atoms with Gasteiger partial charge in [-0.15, -0.1) is 0 Å². The molecule has 0 fully saturated rings. The second-order valence-electron chi connectivity index (χ2n) is 8.32. The smallest absolute Gasteiger partial charge is 0.226 e. The normalized spacial score (nSPS) is 13.7. The molecular formula is C23H35N3O2. The molecule has 1 aromatic carbocycles. The third-order valence-corrected chi connectivity index (χ3v) is 5.25. The first-order valence-corrected chi connectivity index (χ1v) is 10.5. The minimum atomic E-state index is 0.0226. The number of aryl methyl sites for hydroxylation is 1. The number of nitrogens with zero attached hydrogens (tertiary/aromatic N) is 2. The van der Waals surface area contributed by atoms with Crippen LogP contribution in [0.3, 0.4) is 0 Å². The Morgan fingerprint density at radius 1 is 1.07 bits per heavy atom. The first-order chi connectivity index (χ1) is 13.3. The molecule has 1 aromatic heterocycles. The first kappa shape index (κ1) is 22.1. The van der Waals surface area contributed by atoms with Crippen molar-refractivity contribution in [1.82, 2.24) is 15.5 Å². The van der Waals surface area contributed by atoms with Gasteiger partial charge >= 0.3 is 0 Å². The maximum absolute atomic E-state index is 12.5. The molecule has 5 heteroatoms. The SMILES string of the molecule is CCC(C)c1ccc(C(NC(=O)CCCc2nc(C(C)C)no2)C(C)C)cc1. The lowest BCUT2D eigenvalue weighted by Gasteiger charge is -2.23. The zero-order valence-corrected chi connectivity index (χ0v) is 18.2. The Hall–Kier alpha value is -2.17. The molecule has 0 saturated heterocycles. The van der Waals surface area contributed by atoms with Crippen molar-refractivity contribution in [2.24, 2.45) is 5.92 Å². The van der Waals surface area contributed by atoms with Gasteiger partial charge in [-0.05, 0) is 35.8 Å². The standard InChI is InChI=1S/C23H35N3O2/c1-7-17(6)18-11-13-19(14-12-18)22(15(2)3)24-20(27)9-8-10-21-25-23(16(4)5)26-28-21/h11-17,22H,7-10H2,1-6H3,(H,24,27). The van der Waals surface area contributed by atoms with Gasteiger partial charge in [0.1, 0.15) is 0 Å². The van der Waals surface area contributed by atoms with E-state index < -0.39 is 0 Å². The van der Waals surface area contributed by atoms with E-state index in [1.165, 1.54) is 5.56 Å². The third kappa shape index (κ3) is 6.18. The third-order valence-electron chi connectivity index (χ3n) is 5.25. The fourth-order valence-electron chi connectivity index (χ4n) is 3.15. The zero-order chi connectivity index (χ0) is 20.7. The highest BCUT2D eigenvalue weighted by Crippen LogP contribution is 2.25. The number of rotatable bonds is 10. The van der Waals surface area contributed by atoms with Crippen molar-refractivity contribution in [3.8, 4) is 0 Å². The summed E-state index contributed by atoms with van der Waals surface area (Å²) < 4.78 is 5.24. The van der Waals surface area contributed by atoms with E-state index in [2.05, 4.69) is 67.4 Å². The molecule has 2 unspecified atom stereocenters. The van der Waals surface area contributed by atoms with Gasteiger partial charge in [-0.3, -0.25) is 4.79 Å². The lowest BCUT2D eigenvalue weighted by atomic mass is 9.92. The maximum atomic E-state index is 12.5. The first-order valence-electron chi connectivity index (χ1n) is 10.5. The van der Waals surface area contributed by atoms with Gasteiger partial charge in [0.2, 0.25) is 11.8 Å². The summed E-state index contributed by atoms with van der Waals surface area (Å²) >= 11 is 0. The van der Waals surface area contributed by atoms with E-state index in [1.807, 2.05) is 13.8 Å². The summed E-state index contributed by atoms with van der Waals surface area (Å²) in [5.74, 6) is 2.52. The largest absolute Gasteiger partial charge is 0.349 e. The van der Waals surface area contributed by atoms with E-state index >= 15 is 0 Å². The minimum Gasteiger partial charge on any atom is -0.349 e. The predicted molar refractivity (Wildman–Crippen MR) is 112 cm³/mol. The van der Waals surface area contributed by atoms with Crippen molar-refractivity contribution in [3.05, 3.63) is 47.1 Å². The van der Waals surface area contributed by atoms with Gasteiger partial charge in [0.15, 0.2) is 5.82 Å². The van der Waals surface area contributed by atoms with Gasteiger partial charge in [-0.25, -0.2) is 0 Å². The number of hydrogen-bond donors (Lipinski definition) is 1. The van der Waals surface area contributed by atoms with Gasteiger partial charge in [-0.2, -0.15) is 4.98 Å². The van der Waals surface area contributed by atoms with Crippen LogP contribution in [0.4, 0.5) is 0 Å². The van der Waals surface area contributed by atoms with E-state index in [4.69, 9.17) is 4.52 Å². The van der Waals surface area contributed by atoms with Crippen molar-refractivity contribution in [3.63, 3.8) is 0 Å². The lowest BCUT2D eigenvalue weighted by molar-refractivity contribution is -0.122. The van der Waals surface area contributed by atoms with Crippen molar-refractivity contribution in [2.45, 2.75) is 85.1 Å². The molecular weight excluding hydrogens is 350 g/mol. The summed E-state index contributed by atoms with van der Waals surface area (Å²) in [6, 6.07) is 8.70. The molecule has 154 valence electrons. The van der Waals surface area contributed by atoms with Crippen LogP contribution in [0.15, 0.2) is 28.8 Å². The van der Waals surface area contributed by atoms with Gasteiger partial charge < -0.3 is 9.84 Å². The van der Waals surface area contributed by atoms with Gasteiger partial charge in [0, 0.05) is 18.8 Å². The number of benzene rings is 1. The molecule has 0 saturated carbocycles. The summed E-state index contributed by atoms with van der Waals surface area (Å²) in [7, 11) is 0. The molecule has 0 aliphatic rings. The van der Waals surface area contributed by atoms with Gasteiger partial charge in [0.05, 0.1) is 6.04 Å². The van der Waals surface area contributed by atoms with E-state index in [1.54, 1.807) is 0 Å². The van der Waals surface area contributed by atoms with E-state index in [-0.39, 0.29) is 17.9 Å². The number of amides is 1. The minimum absolute atomic E-state index is 0.0226. The molecule has 0 bridgehead atoms. The Bertz CT molecular complexity index is 735. The number of hydrogen-bond acceptors (Lipinski definition) is 4. The highest BCUT2D eigenvalue weighted by atomic mass is 16.5. The highest BCUT2D eigenvalue weighted by Gasteiger charge is 2.19. The topological polar surface area (TPSA) is 68.0 Å². The fraction of sp³-hybridized carbons (Fsp3) is 0.609. The zero-order valence-electron chi connectivity index (χ0n) is 18.2. The summed E-state index contributed by atoms with van der Waals surface area (Å²) in [6.07, 6.45) is 2.91. The number of carbonyl (C=O) groups is 1. The molecule has 28 heavy (non-hydrogen) atoms. The molecule has 0 aliphatic heterocycles. The Morgan fingerprint density at radius 3 is 2.25 bits per heavy atom. The van der Waals surface area contributed by atoms with Crippen molar-refractivity contribution < 1.29 is 9.32 Å². The summed E-state index contributed by atoms with van der Waals surface area (Å²) in [5, 5.41) is 7.16. The van der Waals surface area contributed by atoms with Crippen LogP contribution in [0.2, 0.25) is 0 Å². The van der Waals surface area contributed by atoms with E-state index in [0.29, 0.717) is 37.0 Å². The van der Waals surface area contributed by atoms with Crippen molar-refractivity contribution in [2.75, 3.05) is 0 Å². The Kier molecular flexibility index (Phi) is 8.21. The molecule has 0 radical (unpaired) electrons. The molecule has 1 N–H and O–H groups in total. The number of aromatic nitrogens is 2. The summed E-state index contributed by atoms with van der Waals surface area (Å²) in [6.45, 7) is 12.8. The monoisotopic (exact) mass is 385 g/mol. The molecule has 1 heterocycles. The lowest BCUT2D eigenvalue weighted by Crippen LogP contribution is -2.31. The van der Waals surface area contributed by atoms with Crippen LogP contribution in [0.1, 0.15) is 102 Å². The van der Waals surface area contributed by atoms with Gasteiger partial charge in [0.25, 0.3) is 0 Å². The average molecular weight is 386 g/mol. The Morgan fingerprint density at radius 2 is 1.71 bits per heavy atom.